The number of carbonyl (C=O) groups is 3. The third-order valence-corrected chi connectivity index (χ3v) is 4.35. The molecule has 1 aliphatic heterocycles. The minimum Gasteiger partial charge on any atom is -0.494 e. The van der Waals surface area contributed by atoms with Crippen LogP contribution in [0.1, 0.15) is 35.7 Å². The lowest BCUT2D eigenvalue weighted by Gasteiger charge is -2.11. The number of benzene rings is 2. The molecule has 0 spiro atoms. The maximum atomic E-state index is 12.1. The summed E-state index contributed by atoms with van der Waals surface area (Å²) in [5.41, 5.74) is 1.70. The maximum Gasteiger partial charge on any atom is 0.306 e. The van der Waals surface area contributed by atoms with E-state index in [1.54, 1.807) is 0 Å². The summed E-state index contributed by atoms with van der Waals surface area (Å²) >= 11 is 0. The molecule has 2 aromatic carbocycles. The Morgan fingerprint density at radius 2 is 1.77 bits per heavy atom. The lowest BCUT2D eigenvalue weighted by molar-refractivity contribution is -0.147. The molecule has 1 amide bonds. The van der Waals surface area contributed by atoms with E-state index in [9.17, 15) is 14.4 Å². The quantitative estimate of drug-likeness (QED) is 0.383. The minimum absolute atomic E-state index is 0.0509. The largest absolute Gasteiger partial charge is 0.494 e. The van der Waals surface area contributed by atoms with Gasteiger partial charge in [-0.3, -0.25) is 14.4 Å². The normalized spacial score (nSPS) is 11.7. The molecule has 1 N–H and O–H groups in total. The van der Waals surface area contributed by atoms with Crippen molar-refractivity contribution < 1.29 is 33.3 Å². The van der Waals surface area contributed by atoms with Gasteiger partial charge in [0.2, 0.25) is 6.79 Å². The van der Waals surface area contributed by atoms with Gasteiger partial charge in [0.25, 0.3) is 5.91 Å². The number of fused-ring (bicyclic) bond motifs is 1. The Morgan fingerprint density at radius 3 is 2.47 bits per heavy atom. The molecule has 1 heterocycles. The third-order valence-electron chi connectivity index (χ3n) is 4.35. The van der Waals surface area contributed by atoms with Crippen LogP contribution < -0.4 is 19.5 Å². The first-order valence-corrected chi connectivity index (χ1v) is 9.52. The predicted molar refractivity (Wildman–Crippen MR) is 108 cm³/mol. The number of rotatable bonds is 9. The summed E-state index contributed by atoms with van der Waals surface area (Å²) in [4.78, 5) is 35.8. The van der Waals surface area contributed by atoms with E-state index in [2.05, 4.69) is 5.32 Å². The molecule has 8 heteroatoms. The van der Waals surface area contributed by atoms with Gasteiger partial charge in [-0.15, -0.1) is 0 Å². The fourth-order valence-corrected chi connectivity index (χ4v) is 2.78. The number of nitrogens with one attached hydrogen (secondary N) is 1. The molecule has 0 atom stereocenters. The average molecular weight is 413 g/mol. The molecule has 0 aromatic heterocycles. The van der Waals surface area contributed by atoms with Crippen molar-refractivity contribution in [3.8, 4) is 17.2 Å². The summed E-state index contributed by atoms with van der Waals surface area (Å²) in [6.45, 7) is 3.33. The Labute approximate surface area is 174 Å². The minimum atomic E-state index is -0.555. The van der Waals surface area contributed by atoms with E-state index < -0.39 is 18.5 Å². The molecule has 0 aliphatic carbocycles. The van der Waals surface area contributed by atoms with Crippen LogP contribution in [-0.2, 0) is 14.3 Å². The molecule has 30 heavy (non-hydrogen) atoms. The average Bonchev–Trinajstić information content (AvgIpc) is 3.17. The van der Waals surface area contributed by atoms with Gasteiger partial charge in [0.15, 0.2) is 23.9 Å². The van der Waals surface area contributed by atoms with Crippen molar-refractivity contribution in [2.24, 2.45) is 0 Å². The Kier molecular flexibility index (Phi) is 6.90. The molecule has 0 fully saturated rings. The van der Waals surface area contributed by atoms with Crippen LogP contribution in [-0.4, -0.2) is 37.7 Å². The van der Waals surface area contributed by atoms with Crippen LogP contribution >= 0.6 is 0 Å². The zero-order valence-corrected chi connectivity index (χ0v) is 16.9. The second kappa shape index (κ2) is 9.78. The summed E-state index contributed by atoms with van der Waals surface area (Å²) < 4.78 is 21.0. The SMILES string of the molecule is CC(=O)c1cc2c(cc1NC(=O)COC(=O)CCCOc1ccc(C)cc1)OCO2. The van der Waals surface area contributed by atoms with E-state index in [1.807, 2.05) is 31.2 Å². The van der Waals surface area contributed by atoms with Crippen LogP contribution in [0.5, 0.6) is 17.2 Å². The summed E-state index contributed by atoms with van der Waals surface area (Å²) in [5, 5.41) is 2.57. The second-order valence-electron chi connectivity index (χ2n) is 6.78. The lowest BCUT2D eigenvalue weighted by Crippen LogP contribution is -2.22. The molecule has 0 saturated carbocycles. The van der Waals surface area contributed by atoms with Crippen molar-refractivity contribution in [2.75, 3.05) is 25.3 Å². The first kappa shape index (κ1) is 21.2. The number of Topliss-reactive ketones (excluding diaryl/α,β-unsaturated/α-hetero) is 1. The Morgan fingerprint density at radius 1 is 1.07 bits per heavy atom. The molecular weight excluding hydrogens is 390 g/mol. The number of esters is 1. The van der Waals surface area contributed by atoms with Gasteiger partial charge in [-0.2, -0.15) is 0 Å². The number of aryl methyl sites for hydroxylation is 1. The summed E-state index contributed by atoms with van der Waals surface area (Å²) in [6.07, 6.45) is 0.590. The van der Waals surface area contributed by atoms with Crippen molar-refractivity contribution in [2.45, 2.75) is 26.7 Å². The van der Waals surface area contributed by atoms with Crippen LogP contribution in [0.25, 0.3) is 0 Å². The molecule has 158 valence electrons. The van der Waals surface area contributed by atoms with Crippen molar-refractivity contribution in [3.63, 3.8) is 0 Å². The monoisotopic (exact) mass is 413 g/mol. The van der Waals surface area contributed by atoms with E-state index in [0.29, 0.717) is 24.5 Å². The van der Waals surface area contributed by atoms with Gasteiger partial charge in [0.1, 0.15) is 5.75 Å². The Hall–Kier alpha value is -3.55. The summed E-state index contributed by atoms with van der Waals surface area (Å²) in [5.74, 6) is 0.307. The number of ketones is 1. The fraction of sp³-hybridized carbons (Fsp3) is 0.318. The fourth-order valence-electron chi connectivity index (χ4n) is 2.78. The smallest absolute Gasteiger partial charge is 0.306 e. The van der Waals surface area contributed by atoms with Gasteiger partial charge in [-0.25, -0.2) is 0 Å². The van der Waals surface area contributed by atoms with Gasteiger partial charge in [0, 0.05) is 18.1 Å². The number of hydrogen-bond acceptors (Lipinski definition) is 7. The number of anilines is 1. The molecule has 0 unspecified atom stereocenters. The highest BCUT2D eigenvalue weighted by Gasteiger charge is 2.20. The maximum absolute atomic E-state index is 12.1. The highest BCUT2D eigenvalue weighted by atomic mass is 16.7. The van der Waals surface area contributed by atoms with E-state index in [0.717, 1.165) is 11.3 Å². The molecule has 0 radical (unpaired) electrons. The number of amides is 1. The molecule has 0 bridgehead atoms. The van der Waals surface area contributed by atoms with E-state index in [1.165, 1.54) is 19.1 Å². The van der Waals surface area contributed by atoms with Crippen molar-refractivity contribution in [1.82, 2.24) is 0 Å². The van der Waals surface area contributed by atoms with Crippen LogP contribution in [0.3, 0.4) is 0 Å². The van der Waals surface area contributed by atoms with Crippen molar-refractivity contribution in [1.29, 1.82) is 0 Å². The number of carbonyl (C=O) groups excluding carboxylic acids is 3. The highest BCUT2D eigenvalue weighted by molar-refractivity contribution is 6.05. The van der Waals surface area contributed by atoms with Gasteiger partial charge < -0.3 is 24.3 Å². The molecule has 0 saturated heterocycles. The van der Waals surface area contributed by atoms with Gasteiger partial charge in [-0.05, 0) is 38.5 Å². The van der Waals surface area contributed by atoms with Crippen LogP contribution in [0.4, 0.5) is 5.69 Å². The summed E-state index contributed by atoms with van der Waals surface area (Å²) in [6, 6.07) is 10.6. The number of hydrogen-bond donors (Lipinski definition) is 1. The van der Waals surface area contributed by atoms with E-state index in [4.69, 9.17) is 18.9 Å². The summed E-state index contributed by atoms with van der Waals surface area (Å²) in [7, 11) is 0. The van der Waals surface area contributed by atoms with Gasteiger partial charge in [-0.1, -0.05) is 17.7 Å². The molecular formula is C22H23NO7. The zero-order chi connectivity index (χ0) is 21.5. The third kappa shape index (κ3) is 5.73. The van der Waals surface area contributed by atoms with E-state index >= 15 is 0 Å². The standard InChI is InChI=1S/C22H23NO7/c1-14-5-7-16(8-6-14)27-9-3-4-22(26)28-12-21(25)23-18-11-20-19(29-13-30-20)10-17(18)15(2)24/h5-8,10-11H,3-4,9,12-13H2,1-2H3,(H,23,25). The molecule has 2 aromatic rings. The van der Waals surface area contributed by atoms with Gasteiger partial charge in [0.05, 0.1) is 12.3 Å². The zero-order valence-electron chi connectivity index (χ0n) is 16.9. The highest BCUT2D eigenvalue weighted by Crippen LogP contribution is 2.37. The van der Waals surface area contributed by atoms with E-state index in [-0.39, 0.29) is 30.2 Å². The van der Waals surface area contributed by atoms with Crippen LogP contribution in [0.2, 0.25) is 0 Å². The van der Waals surface area contributed by atoms with Crippen molar-refractivity contribution >= 4 is 23.3 Å². The second-order valence-corrected chi connectivity index (χ2v) is 6.78. The number of ether oxygens (including phenoxy) is 4. The Balaban J connectivity index is 1.41. The molecule has 8 nitrogen and oxygen atoms in total. The molecule has 1 aliphatic rings. The molecule has 3 rings (SSSR count). The van der Waals surface area contributed by atoms with Crippen molar-refractivity contribution in [3.05, 3.63) is 47.5 Å². The predicted octanol–water partition coefficient (Wildman–Crippen LogP) is 3.27. The Bertz CT molecular complexity index is 937. The first-order chi connectivity index (χ1) is 14.4. The van der Waals surface area contributed by atoms with Gasteiger partial charge >= 0.3 is 5.97 Å². The first-order valence-electron chi connectivity index (χ1n) is 9.52. The van der Waals surface area contributed by atoms with Crippen LogP contribution in [0.15, 0.2) is 36.4 Å². The van der Waals surface area contributed by atoms with Crippen LogP contribution in [0, 0.1) is 6.92 Å². The lowest BCUT2D eigenvalue weighted by atomic mass is 10.1. The topological polar surface area (TPSA) is 100 Å².